The van der Waals surface area contributed by atoms with Crippen LogP contribution in [0.25, 0.3) is 0 Å². The number of likely N-dealkylation sites (tertiary alicyclic amines) is 1. The van der Waals surface area contributed by atoms with Crippen LogP contribution >= 0.6 is 35.0 Å². The zero-order valence-electron chi connectivity index (χ0n) is 15.2. The van der Waals surface area contributed by atoms with Crippen molar-refractivity contribution in [2.75, 3.05) is 17.3 Å². The number of benzene rings is 1. The number of thioether (sulfide) groups is 1. The number of nitrogens with zero attached hydrogens (tertiary/aromatic N) is 1. The first-order valence-electron chi connectivity index (χ1n) is 9.22. The molecule has 1 aromatic carbocycles. The largest absolute Gasteiger partial charge is 0.323 e. The van der Waals surface area contributed by atoms with Crippen LogP contribution in [0.5, 0.6) is 0 Å². The Morgan fingerprint density at radius 2 is 1.86 bits per heavy atom. The summed E-state index contributed by atoms with van der Waals surface area (Å²) in [4.78, 5) is 40.5. The van der Waals surface area contributed by atoms with E-state index in [1.807, 2.05) is 18.4 Å². The van der Waals surface area contributed by atoms with Gasteiger partial charge in [0.15, 0.2) is 0 Å². The normalized spacial score (nSPS) is 28.8. The highest BCUT2D eigenvalue weighted by Gasteiger charge is 2.61. The number of rotatable bonds is 6. The number of imide groups is 1. The van der Waals surface area contributed by atoms with Crippen LogP contribution in [-0.4, -0.2) is 40.7 Å². The minimum Gasteiger partial charge on any atom is -0.323 e. The lowest BCUT2D eigenvalue weighted by atomic mass is 9.85. The molecule has 0 aromatic heterocycles. The maximum absolute atomic E-state index is 13.1. The average Bonchev–Trinajstić information content (AvgIpc) is 3.33. The first kappa shape index (κ1) is 19.8. The van der Waals surface area contributed by atoms with E-state index in [0.717, 1.165) is 6.42 Å². The van der Waals surface area contributed by atoms with Gasteiger partial charge in [-0.1, -0.05) is 35.4 Å². The fraction of sp³-hybridized carbons (Fsp3) is 0.450. The van der Waals surface area contributed by atoms with Crippen molar-refractivity contribution < 1.29 is 14.4 Å². The molecule has 1 aliphatic heterocycles. The second-order valence-electron chi connectivity index (χ2n) is 7.46. The van der Waals surface area contributed by atoms with Crippen molar-refractivity contribution in [1.29, 1.82) is 0 Å². The van der Waals surface area contributed by atoms with E-state index in [1.54, 1.807) is 23.9 Å². The van der Waals surface area contributed by atoms with Crippen molar-refractivity contribution in [2.24, 2.45) is 23.7 Å². The first-order valence-corrected chi connectivity index (χ1v) is 11.4. The molecule has 0 radical (unpaired) electrons. The molecule has 5 unspecified atom stereocenters. The molecule has 5 atom stereocenters. The van der Waals surface area contributed by atoms with Gasteiger partial charge in [0.2, 0.25) is 17.7 Å². The van der Waals surface area contributed by atoms with Gasteiger partial charge in [-0.2, -0.15) is 11.8 Å². The van der Waals surface area contributed by atoms with Crippen molar-refractivity contribution >= 4 is 58.4 Å². The molecule has 8 heteroatoms. The molecule has 1 N–H and O–H groups in total. The number of carbonyl (C=O) groups is 3. The number of fused-ring (bicyclic) bond motifs is 5. The highest BCUT2D eigenvalue weighted by atomic mass is 35.5. The molecule has 1 aromatic rings. The van der Waals surface area contributed by atoms with Crippen LogP contribution in [0, 0.1) is 23.7 Å². The molecule has 2 aliphatic carbocycles. The Balaban J connectivity index is 1.58. The highest BCUT2D eigenvalue weighted by Crippen LogP contribution is 2.53. The van der Waals surface area contributed by atoms with Gasteiger partial charge in [-0.05, 0) is 54.9 Å². The fourth-order valence-corrected chi connectivity index (χ4v) is 5.56. The molecule has 1 saturated carbocycles. The van der Waals surface area contributed by atoms with Crippen molar-refractivity contribution in [3.05, 3.63) is 40.4 Å². The van der Waals surface area contributed by atoms with E-state index >= 15 is 0 Å². The van der Waals surface area contributed by atoms with Crippen LogP contribution in [-0.2, 0) is 14.4 Å². The third-order valence-electron chi connectivity index (χ3n) is 5.90. The van der Waals surface area contributed by atoms with Gasteiger partial charge in [-0.3, -0.25) is 19.3 Å². The Bertz CT molecular complexity index is 845. The Kier molecular flexibility index (Phi) is 5.47. The van der Waals surface area contributed by atoms with E-state index in [-0.39, 0.29) is 35.5 Å². The Morgan fingerprint density at radius 1 is 1.21 bits per heavy atom. The molecule has 2 fully saturated rings. The van der Waals surface area contributed by atoms with Gasteiger partial charge >= 0.3 is 0 Å². The van der Waals surface area contributed by atoms with E-state index in [0.29, 0.717) is 27.9 Å². The van der Waals surface area contributed by atoms with Crippen molar-refractivity contribution in [3.8, 4) is 0 Å². The summed E-state index contributed by atoms with van der Waals surface area (Å²) in [6.45, 7) is 0. The van der Waals surface area contributed by atoms with Crippen LogP contribution in [0.2, 0.25) is 10.0 Å². The molecule has 5 nitrogen and oxygen atoms in total. The maximum atomic E-state index is 13.1. The number of hydrogen-bond acceptors (Lipinski definition) is 4. The number of allylic oxidation sites excluding steroid dienone is 2. The van der Waals surface area contributed by atoms with Gasteiger partial charge in [0.1, 0.15) is 6.04 Å². The van der Waals surface area contributed by atoms with Gasteiger partial charge < -0.3 is 5.32 Å². The summed E-state index contributed by atoms with van der Waals surface area (Å²) in [5.74, 6) is -0.565. The Labute approximate surface area is 177 Å². The molecule has 3 aliphatic rings. The molecule has 0 spiro atoms. The van der Waals surface area contributed by atoms with Crippen LogP contribution in [0.3, 0.4) is 0 Å². The molecule has 1 saturated heterocycles. The summed E-state index contributed by atoms with van der Waals surface area (Å²) in [5, 5.41) is 3.54. The Hall–Kier alpha value is -1.50. The second-order valence-corrected chi connectivity index (χ2v) is 9.29. The summed E-state index contributed by atoms with van der Waals surface area (Å²) in [6.07, 6.45) is 7.29. The number of carbonyl (C=O) groups excluding carboxylic acids is 3. The zero-order chi connectivity index (χ0) is 20.0. The van der Waals surface area contributed by atoms with Crippen LogP contribution in [0.1, 0.15) is 12.8 Å². The van der Waals surface area contributed by atoms with Gasteiger partial charge in [0, 0.05) is 5.02 Å². The predicted octanol–water partition coefficient (Wildman–Crippen LogP) is 3.86. The minimum atomic E-state index is -0.843. The number of halogens is 2. The van der Waals surface area contributed by atoms with Gasteiger partial charge in [-0.15, -0.1) is 0 Å². The lowest BCUT2D eigenvalue weighted by Gasteiger charge is -2.27. The summed E-state index contributed by atoms with van der Waals surface area (Å²) < 4.78 is 0. The van der Waals surface area contributed by atoms with E-state index in [4.69, 9.17) is 23.2 Å². The smallest absolute Gasteiger partial charge is 0.247 e. The maximum Gasteiger partial charge on any atom is 0.247 e. The summed E-state index contributed by atoms with van der Waals surface area (Å²) in [7, 11) is 0. The fourth-order valence-electron chi connectivity index (χ4n) is 4.65. The van der Waals surface area contributed by atoms with E-state index in [9.17, 15) is 14.4 Å². The molecule has 2 bridgehead atoms. The van der Waals surface area contributed by atoms with Crippen molar-refractivity contribution in [2.45, 2.75) is 18.9 Å². The number of amides is 3. The average molecular weight is 439 g/mol. The lowest BCUT2D eigenvalue weighted by molar-refractivity contribution is -0.147. The summed E-state index contributed by atoms with van der Waals surface area (Å²) in [6, 6.07) is 3.93. The molecular weight excluding hydrogens is 419 g/mol. The SMILES string of the molecule is CSCCC(C(=O)Nc1ccc(Cl)cc1Cl)N1C(=O)C2C3C=CC(C3)C2C1=O. The standard InChI is InChI=1S/C20H20Cl2N2O3S/c1-28-7-6-15(18(25)23-14-5-4-12(21)9-13(14)22)24-19(26)16-10-2-3-11(8-10)17(16)20(24)27/h2-5,9-11,15-17H,6-8H2,1H3,(H,23,25). The molecule has 1 heterocycles. The van der Waals surface area contributed by atoms with Crippen LogP contribution in [0.4, 0.5) is 5.69 Å². The molecule has 3 amide bonds. The Morgan fingerprint density at radius 3 is 2.43 bits per heavy atom. The third-order valence-corrected chi connectivity index (χ3v) is 7.09. The van der Waals surface area contributed by atoms with Gasteiger partial charge in [0.25, 0.3) is 0 Å². The van der Waals surface area contributed by atoms with Gasteiger partial charge in [-0.25, -0.2) is 0 Å². The van der Waals surface area contributed by atoms with Crippen LogP contribution < -0.4 is 5.32 Å². The topological polar surface area (TPSA) is 66.5 Å². The lowest BCUT2D eigenvalue weighted by Crippen LogP contribution is -2.48. The zero-order valence-corrected chi connectivity index (χ0v) is 17.6. The monoisotopic (exact) mass is 438 g/mol. The molecule has 28 heavy (non-hydrogen) atoms. The van der Waals surface area contributed by atoms with E-state index in [1.165, 1.54) is 11.0 Å². The predicted molar refractivity (Wildman–Crippen MR) is 111 cm³/mol. The quantitative estimate of drug-likeness (QED) is 0.540. The van der Waals surface area contributed by atoms with Crippen molar-refractivity contribution in [1.82, 2.24) is 4.90 Å². The van der Waals surface area contributed by atoms with E-state index in [2.05, 4.69) is 5.32 Å². The third kappa shape index (κ3) is 3.25. The molecule has 4 rings (SSSR count). The minimum absolute atomic E-state index is 0.117. The first-order chi connectivity index (χ1) is 13.4. The number of nitrogens with one attached hydrogen (secondary N) is 1. The second kappa shape index (κ2) is 7.73. The number of anilines is 1. The highest BCUT2D eigenvalue weighted by molar-refractivity contribution is 7.98. The number of hydrogen-bond donors (Lipinski definition) is 1. The molecular formula is C20H20Cl2N2O3S. The van der Waals surface area contributed by atoms with Crippen molar-refractivity contribution in [3.63, 3.8) is 0 Å². The van der Waals surface area contributed by atoms with Crippen LogP contribution in [0.15, 0.2) is 30.4 Å². The molecule has 148 valence electrons. The van der Waals surface area contributed by atoms with E-state index < -0.39 is 11.9 Å². The summed E-state index contributed by atoms with van der Waals surface area (Å²) >= 11 is 13.6. The van der Waals surface area contributed by atoms with Gasteiger partial charge in [0.05, 0.1) is 22.5 Å². The summed E-state index contributed by atoms with van der Waals surface area (Å²) in [5.41, 5.74) is 0.409.